The molecule has 5 heteroatoms. The third-order valence-electron chi connectivity index (χ3n) is 2.45. The maximum absolute atomic E-state index is 13.8. The van der Waals surface area contributed by atoms with Crippen molar-refractivity contribution < 1.29 is 13.9 Å². The molecule has 1 nitrogen and oxygen atoms in total. The third kappa shape index (κ3) is 2.34. The zero-order valence-electron chi connectivity index (χ0n) is 8.88. The molecule has 1 aromatic carbocycles. The van der Waals surface area contributed by atoms with Crippen LogP contribution in [0, 0.1) is 18.6 Å². The molecule has 0 saturated heterocycles. The minimum Gasteiger partial charge on any atom is -0.383 e. The summed E-state index contributed by atoms with van der Waals surface area (Å²) in [6.07, 6.45) is -1.33. The van der Waals surface area contributed by atoms with Crippen LogP contribution in [0.4, 0.5) is 8.78 Å². The lowest BCUT2D eigenvalue weighted by atomic mass is 10.0. The maximum atomic E-state index is 13.8. The second-order valence-electron chi connectivity index (χ2n) is 3.66. The molecule has 0 saturated carbocycles. The Hall–Kier alpha value is -0.970. The summed E-state index contributed by atoms with van der Waals surface area (Å²) in [4.78, 5) is 0.415. The molecular formula is C12H9ClF2OS. The van der Waals surface area contributed by atoms with Gasteiger partial charge in [0.05, 0.1) is 10.6 Å². The zero-order valence-corrected chi connectivity index (χ0v) is 10.4. The molecule has 90 valence electrons. The number of aryl methyl sites for hydroxylation is 1. The van der Waals surface area contributed by atoms with E-state index in [1.807, 2.05) is 0 Å². The maximum Gasteiger partial charge on any atom is 0.135 e. The Bertz CT molecular complexity index is 553. The van der Waals surface area contributed by atoms with Crippen LogP contribution in [0.1, 0.15) is 22.1 Å². The Labute approximate surface area is 106 Å². The summed E-state index contributed by atoms with van der Waals surface area (Å²) < 4.78 is 27.3. The Morgan fingerprint density at radius 3 is 2.65 bits per heavy atom. The topological polar surface area (TPSA) is 20.2 Å². The SMILES string of the molecule is Cc1ccc(F)c(C(O)c2cc(Cl)cs2)c1F. The minimum atomic E-state index is -1.33. The number of halogens is 3. The second kappa shape index (κ2) is 4.72. The third-order valence-corrected chi connectivity index (χ3v) is 3.78. The van der Waals surface area contributed by atoms with Crippen LogP contribution in [0.2, 0.25) is 5.02 Å². The summed E-state index contributed by atoms with van der Waals surface area (Å²) >= 11 is 6.88. The van der Waals surface area contributed by atoms with Gasteiger partial charge in [0, 0.05) is 10.3 Å². The van der Waals surface area contributed by atoms with Gasteiger partial charge in [0.2, 0.25) is 0 Å². The first-order valence-corrected chi connectivity index (χ1v) is 6.13. The molecule has 2 aromatic rings. The number of hydrogen-bond donors (Lipinski definition) is 1. The summed E-state index contributed by atoms with van der Waals surface area (Å²) in [6, 6.07) is 3.98. The van der Waals surface area contributed by atoms with Gasteiger partial charge in [-0.3, -0.25) is 0 Å². The van der Waals surface area contributed by atoms with E-state index in [9.17, 15) is 13.9 Å². The lowest BCUT2D eigenvalue weighted by Crippen LogP contribution is -2.05. The average Bonchev–Trinajstić information content (AvgIpc) is 2.71. The molecule has 0 aliphatic carbocycles. The van der Waals surface area contributed by atoms with Crippen molar-refractivity contribution in [2.24, 2.45) is 0 Å². The Morgan fingerprint density at radius 2 is 2.06 bits per heavy atom. The van der Waals surface area contributed by atoms with Crippen molar-refractivity contribution in [2.75, 3.05) is 0 Å². The Kier molecular flexibility index (Phi) is 3.47. The van der Waals surface area contributed by atoms with Gasteiger partial charge in [0.25, 0.3) is 0 Å². The van der Waals surface area contributed by atoms with Crippen LogP contribution in [-0.4, -0.2) is 5.11 Å². The first-order valence-electron chi connectivity index (χ1n) is 4.87. The summed E-state index contributed by atoms with van der Waals surface area (Å²) in [5.41, 5.74) is -0.0355. The van der Waals surface area contributed by atoms with Gasteiger partial charge in [-0.1, -0.05) is 17.7 Å². The largest absolute Gasteiger partial charge is 0.383 e. The van der Waals surface area contributed by atoms with Gasteiger partial charge in [-0.2, -0.15) is 0 Å². The van der Waals surface area contributed by atoms with Gasteiger partial charge in [-0.15, -0.1) is 11.3 Å². The van der Waals surface area contributed by atoms with Crippen molar-refractivity contribution in [3.05, 3.63) is 56.2 Å². The highest BCUT2D eigenvalue weighted by atomic mass is 35.5. The highest BCUT2D eigenvalue weighted by Crippen LogP contribution is 2.33. The Balaban J connectivity index is 2.50. The van der Waals surface area contributed by atoms with E-state index in [1.165, 1.54) is 19.1 Å². The van der Waals surface area contributed by atoms with E-state index in [1.54, 1.807) is 5.38 Å². The molecule has 0 spiro atoms. The second-order valence-corrected chi connectivity index (χ2v) is 5.04. The molecular weight excluding hydrogens is 266 g/mol. The first-order chi connectivity index (χ1) is 8.00. The zero-order chi connectivity index (χ0) is 12.6. The van der Waals surface area contributed by atoms with E-state index in [2.05, 4.69) is 0 Å². The van der Waals surface area contributed by atoms with E-state index in [0.717, 1.165) is 17.4 Å². The van der Waals surface area contributed by atoms with Crippen LogP contribution in [-0.2, 0) is 0 Å². The van der Waals surface area contributed by atoms with Crippen molar-refractivity contribution >= 4 is 22.9 Å². The molecule has 17 heavy (non-hydrogen) atoms. The normalized spacial score (nSPS) is 12.8. The molecule has 1 unspecified atom stereocenters. The van der Waals surface area contributed by atoms with E-state index in [-0.39, 0.29) is 5.56 Å². The van der Waals surface area contributed by atoms with E-state index < -0.39 is 17.7 Å². The fraction of sp³-hybridized carbons (Fsp3) is 0.167. The monoisotopic (exact) mass is 274 g/mol. The van der Waals surface area contributed by atoms with Crippen LogP contribution in [0.5, 0.6) is 0 Å². The van der Waals surface area contributed by atoms with Gasteiger partial charge in [0.15, 0.2) is 0 Å². The first kappa shape index (κ1) is 12.5. The molecule has 1 aromatic heterocycles. The number of aliphatic hydroxyl groups excluding tert-OH is 1. The summed E-state index contributed by atoms with van der Waals surface area (Å²) in [5.74, 6) is -1.48. The molecule has 0 aliphatic rings. The fourth-order valence-electron chi connectivity index (χ4n) is 1.54. The molecule has 0 radical (unpaired) electrons. The molecule has 1 N–H and O–H groups in total. The smallest absolute Gasteiger partial charge is 0.135 e. The van der Waals surface area contributed by atoms with Crippen molar-refractivity contribution in [1.82, 2.24) is 0 Å². The molecule has 2 rings (SSSR count). The van der Waals surface area contributed by atoms with E-state index >= 15 is 0 Å². The van der Waals surface area contributed by atoms with Gasteiger partial charge >= 0.3 is 0 Å². The van der Waals surface area contributed by atoms with E-state index in [4.69, 9.17) is 11.6 Å². The van der Waals surface area contributed by atoms with Crippen molar-refractivity contribution in [3.63, 3.8) is 0 Å². The van der Waals surface area contributed by atoms with Crippen LogP contribution in [0.3, 0.4) is 0 Å². The van der Waals surface area contributed by atoms with E-state index in [0.29, 0.717) is 15.5 Å². The summed E-state index contributed by atoms with van der Waals surface area (Å²) in [6.45, 7) is 1.52. The van der Waals surface area contributed by atoms with Crippen molar-refractivity contribution in [3.8, 4) is 0 Å². The standard InChI is InChI=1S/C12H9ClF2OS/c1-6-2-3-8(14)10(11(6)15)12(16)9-4-7(13)5-17-9/h2-5,12,16H,1H3. The predicted octanol–water partition coefficient (Wildman–Crippen LogP) is 4.07. The molecule has 0 fully saturated rings. The van der Waals surface area contributed by atoms with Crippen molar-refractivity contribution in [2.45, 2.75) is 13.0 Å². The Morgan fingerprint density at radius 1 is 1.35 bits per heavy atom. The minimum absolute atomic E-state index is 0.295. The number of aliphatic hydroxyl groups is 1. The summed E-state index contributed by atoms with van der Waals surface area (Å²) in [5, 5.41) is 12.0. The van der Waals surface area contributed by atoms with Gasteiger partial charge in [0.1, 0.15) is 17.7 Å². The highest BCUT2D eigenvalue weighted by molar-refractivity contribution is 7.10. The van der Waals surface area contributed by atoms with Gasteiger partial charge in [-0.05, 0) is 24.6 Å². The van der Waals surface area contributed by atoms with Crippen LogP contribution >= 0.6 is 22.9 Å². The number of rotatable bonds is 2. The average molecular weight is 275 g/mol. The quantitative estimate of drug-likeness (QED) is 0.875. The number of thiophene rings is 1. The van der Waals surface area contributed by atoms with Crippen LogP contribution < -0.4 is 0 Å². The number of benzene rings is 1. The molecule has 1 heterocycles. The molecule has 0 amide bonds. The lowest BCUT2D eigenvalue weighted by molar-refractivity contribution is 0.212. The van der Waals surface area contributed by atoms with Gasteiger partial charge in [-0.25, -0.2) is 8.78 Å². The summed E-state index contributed by atoms with van der Waals surface area (Å²) in [7, 11) is 0. The van der Waals surface area contributed by atoms with Crippen molar-refractivity contribution in [1.29, 1.82) is 0 Å². The molecule has 0 aliphatic heterocycles. The fourth-order valence-corrected chi connectivity index (χ4v) is 2.62. The highest BCUT2D eigenvalue weighted by Gasteiger charge is 2.22. The van der Waals surface area contributed by atoms with Gasteiger partial charge < -0.3 is 5.11 Å². The molecule has 0 bridgehead atoms. The van der Waals surface area contributed by atoms with Crippen LogP contribution in [0.25, 0.3) is 0 Å². The van der Waals surface area contributed by atoms with Crippen LogP contribution in [0.15, 0.2) is 23.6 Å². The lowest BCUT2D eigenvalue weighted by Gasteiger charge is -2.12. The predicted molar refractivity (Wildman–Crippen MR) is 64.5 cm³/mol. The molecule has 1 atom stereocenters. The number of hydrogen-bond acceptors (Lipinski definition) is 2.